The predicted molar refractivity (Wildman–Crippen MR) is 84.6 cm³/mol. The van der Waals surface area contributed by atoms with Gasteiger partial charge in [-0.1, -0.05) is 43.3 Å². The van der Waals surface area contributed by atoms with Crippen LogP contribution in [0.15, 0.2) is 48.5 Å². The third kappa shape index (κ3) is 2.62. The third-order valence-corrected chi connectivity index (χ3v) is 4.08. The summed E-state index contributed by atoms with van der Waals surface area (Å²) < 4.78 is 0. The minimum atomic E-state index is -0.871. The van der Waals surface area contributed by atoms with Gasteiger partial charge in [-0.15, -0.1) is 0 Å². The Labute approximate surface area is 124 Å². The zero-order valence-corrected chi connectivity index (χ0v) is 12.1. The first kappa shape index (κ1) is 13.6. The smallest absolute Gasteiger partial charge is 0.335 e. The van der Waals surface area contributed by atoms with E-state index in [1.54, 1.807) is 12.1 Å². The highest BCUT2D eigenvalue weighted by Gasteiger charge is 2.16. The molecule has 0 unspecified atom stereocenters. The van der Waals surface area contributed by atoms with Gasteiger partial charge in [0.1, 0.15) is 0 Å². The second-order valence-electron chi connectivity index (χ2n) is 5.38. The summed E-state index contributed by atoms with van der Waals surface area (Å²) >= 11 is 0. The Kier molecular flexibility index (Phi) is 3.61. The van der Waals surface area contributed by atoms with E-state index in [9.17, 15) is 9.90 Å². The van der Waals surface area contributed by atoms with Crippen LogP contribution in [0.3, 0.4) is 0 Å². The Morgan fingerprint density at radius 2 is 1.90 bits per heavy atom. The topological polar surface area (TPSA) is 37.3 Å². The third-order valence-electron chi connectivity index (χ3n) is 4.08. The van der Waals surface area contributed by atoms with Crippen molar-refractivity contribution >= 4 is 11.5 Å². The molecule has 2 aromatic rings. The van der Waals surface area contributed by atoms with Gasteiger partial charge in [0.2, 0.25) is 0 Å². The highest BCUT2D eigenvalue weighted by Crippen LogP contribution is 2.32. The number of carboxylic acids is 1. The molecule has 0 spiro atoms. The van der Waals surface area contributed by atoms with E-state index in [1.807, 2.05) is 6.07 Å². The van der Waals surface area contributed by atoms with Crippen LogP contribution in [-0.2, 0) is 12.8 Å². The normalized spacial score (nSPS) is 13.5. The maximum absolute atomic E-state index is 11.2. The average Bonchev–Trinajstić information content (AvgIpc) is 2.54. The van der Waals surface area contributed by atoms with Gasteiger partial charge in [-0.2, -0.15) is 0 Å². The molecule has 0 aliphatic heterocycles. The molecule has 21 heavy (non-hydrogen) atoms. The second-order valence-corrected chi connectivity index (χ2v) is 5.38. The number of aryl methyl sites for hydroxylation is 2. The molecular weight excluding hydrogens is 260 g/mol. The van der Waals surface area contributed by atoms with Crippen LogP contribution in [0.5, 0.6) is 0 Å². The Balaban J connectivity index is 2.06. The number of aromatic carboxylic acids is 1. The fraction of sp³-hybridized carbons (Fsp3) is 0.211. The van der Waals surface area contributed by atoms with E-state index in [-0.39, 0.29) is 0 Å². The summed E-state index contributed by atoms with van der Waals surface area (Å²) in [6, 6.07) is 14.0. The van der Waals surface area contributed by atoms with E-state index >= 15 is 0 Å². The number of fused-ring (bicyclic) bond motifs is 1. The zero-order valence-electron chi connectivity index (χ0n) is 12.1. The molecule has 1 aliphatic carbocycles. The molecule has 2 heteroatoms. The lowest BCUT2D eigenvalue weighted by molar-refractivity contribution is 0.0697. The van der Waals surface area contributed by atoms with E-state index in [1.165, 1.54) is 11.1 Å². The maximum atomic E-state index is 11.2. The van der Waals surface area contributed by atoms with E-state index in [2.05, 4.69) is 37.3 Å². The van der Waals surface area contributed by atoms with E-state index < -0.39 is 5.97 Å². The number of hydrogen-bond acceptors (Lipinski definition) is 1. The van der Waals surface area contributed by atoms with Crippen molar-refractivity contribution in [1.82, 2.24) is 0 Å². The number of benzene rings is 2. The summed E-state index contributed by atoms with van der Waals surface area (Å²) in [6.07, 6.45) is 5.23. The van der Waals surface area contributed by atoms with Gasteiger partial charge < -0.3 is 5.11 Å². The lowest BCUT2D eigenvalue weighted by Crippen LogP contribution is -2.05. The van der Waals surface area contributed by atoms with Crippen LogP contribution in [0, 0.1) is 0 Å². The van der Waals surface area contributed by atoms with Gasteiger partial charge in [0, 0.05) is 0 Å². The molecule has 0 amide bonds. The fourth-order valence-corrected chi connectivity index (χ4v) is 2.85. The van der Waals surface area contributed by atoms with E-state index in [0.717, 1.165) is 36.0 Å². The van der Waals surface area contributed by atoms with Crippen LogP contribution in [0.4, 0.5) is 0 Å². The van der Waals surface area contributed by atoms with Crippen LogP contribution >= 0.6 is 0 Å². The number of allylic oxidation sites excluding steroid dienone is 1. The maximum Gasteiger partial charge on any atom is 0.335 e. The molecule has 1 N–H and O–H groups in total. The molecule has 3 rings (SSSR count). The minimum absolute atomic E-state index is 0.353. The first-order chi connectivity index (χ1) is 10.2. The van der Waals surface area contributed by atoms with E-state index in [4.69, 9.17) is 0 Å². The first-order valence-electron chi connectivity index (χ1n) is 7.35. The Morgan fingerprint density at radius 1 is 1.14 bits per heavy atom. The van der Waals surface area contributed by atoms with Gasteiger partial charge in [-0.3, -0.25) is 0 Å². The molecular formula is C19H18O2. The zero-order chi connectivity index (χ0) is 14.8. The summed E-state index contributed by atoms with van der Waals surface area (Å²) in [5.74, 6) is -0.871. The van der Waals surface area contributed by atoms with Gasteiger partial charge in [0.15, 0.2) is 0 Å². The van der Waals surface area contributed by atoms with Crippen molar-refractivity contribution in [3.05, 3.63) is 76.4 Å². The molecule has 0 atom stereocenters. The molecule has 0 heterocycles. The van der Waals surface area contributed by atoms with Gasteiger partial charge in [0.25, 0.3) is 0 Å². The summed E-state index contributed by atoms with van der Waals surface area (Å²) in [7, 11) is 0. The molecule has 0 fully saturated rings. The lowest BCUT2D eigenvalue weighted by Gasteiger charge is -2.19. The highest BCUT2D eigenvalue weighted by molar-refractivity contribution is 5.91. The van der Waals surface area contributed by atoms with Gasteiger partial charge in [-0.05, 0) is 59.2 Å². The van der Waals surface area contributed by atoms with Gasteiger partial charge in [0.05, 0.1) is 5.56 Å². The van der Waals surface area contributed by atoms with Gasteiger partial charge >= 0.3 is 5.97 Å². The monoisotopic (exact) mass is 278 g/mol. The molecule has 0 radical (unpaired) electrons. The summed E-state index contributed by atoms with van der Waals surface area (Å²) in [5.41, 5.74) is 6.28. The molecule has 1 aliphatic rings. The fourth-order valence-electron chi connectivity index (χ4n) is 2.85. The molecule has 106 valence electrons. The van der Waals surface area contributed by atoms with Crippen LogP contribution in [0.2, 0.25) is 0 Å². The summed E-state index contributed by atoms with van der Waals surface area (Å²) in [5, 5.41) is 9.19. The highest BCUT2D eigenvalue weighted by atomic mass is 16.4. The van der Waals surface area contributed by atoms with Crippen molar-refractivity contribution in [2.24, 2.45) is 0 Å². The molecule has 2 aromatic carbocycles. The number of carboxylic acid groups (broad SMARTS) is 1. The Hall–Kier alpha value is -2.35. The predicted octanol–water partition coefficient (Wildman–Crippen LogP) is 4.33. The molecule has 0 saturated heterocycles. The number of rotatable bonds is 3. The van der Waals surface area contributed by atoms with Crippen LogP contribution in [0.1, 0.15) is 46.0 Å². The van der Waals surface area contributed by atoms with Crippen molar-refractivity contribution in [1.29, 1.82) is 0 Å². The van der Waals surface area contributed by atoms with Gasteiger partial charge in [-0.25, -0.2) is 4.79 Å². The van der Waals surface area contributed by atoms with Crippen molar-refractivity contribution in [3.63, 3.8) is 0 Å². The molecule has 0 saturated carbocycles. The van der Waals surface area contributed by atoms with Crippen LogP contribution in [0.25, 0.3) is 5.57 Å². The quantitative estimate of drug-likeness (QED) is 0.907. The van der Waals surface area contributed by atoms with Crippen molar-refractivity contribution in [2.75, 3.05) is 0 Å². The summed E-state index contributed by atoms with van der Waals surface area (Å²) in [6.45, 7) is 2.14. The van der Waals surface area contributed by atoms with E-state index in [0.29, 0.717) is 5.56 Å². The standard InChI is InChI=1S/C19H18O2/c1-2-13-6-8-15(9-7-13)17-5-3-4-14-10-11-16(19(20)21)12-18(14)17/h5-12H,2-4H2,1H3,(H,20,21). The summed E-state index contributed by atoms with van der Waals surface area (Å²) in [4.78, 5) is 11.2. The number of hydrogen-bond donors (Lipinski definition) is 1. The molecule has 2 nitrogen and oxygen atoms in total. The number of carbonyl (C=O) groups is 1. The Morgan fingerprint density at radius 3 is 2.57 bits per heavy atom. The first-order valence-corrected chi connectivity index (χ1v) is 7.35. The van der Waals surface area contributed by atoms with Crippen molar-refractivity contribution in [3.8, 4) is 0 Å². The van der Waals surface area contributed by atoms with Crippen LogP contribution in [-0.4, -0.2) is 11.1 Å². The lowest BCUT2D eigenvalue weighted by atomic mass is 9.85. The average molecular weight is 278 g/mol. The van der Waals surface area contributed by atoms with Crippen molar-refractivity contribution < 1.29 is 9.90 Å². The largest absolute Gasteiger partial charge is 0.478 e. The van der Waals surface area contributed by atoms with Crippen LogP contribution < -0.4 is 0 Å². The van der Waals surface area contributed by atoms with Crippen molar-refractivity contribution in [2.45, 2.75) is 26.2 Å². The SMILES string of the molecule is CCc1ccc(C2=CCCc3ccc(C(=O)O)cc32)cc1. The second kappa shape index (κ2) is 5.57. The molecule has 0 aromatic heterocycles. The minimum Gasteiger partial charge on any atom is -0.478 e. The molecule has 0 bridgehead atoms. The Bertz CT molecular complexity index is 709.